The van der Waals surface area contributed by atoms with Gasteiger partial charge in [-0.3, -0.25) is 4.79 Å². The summed E-state index contributed by atoms with van der Waals surface area (Å²) in [6, 6.07) is 1.75. The number of halogens is 1. The van der Waals surface area contributed by atoms with E-state index in [0.717, 1.165) is 6.42 Å². The van der Waals surface area contributed by atoms with Crippen molar-refractivity contribution < 1.29 is 13.9 Å². The van der Waals surface area contributed by atoms with Gasteiger partial charge in [-0.05, 0) is 29.3 Å². The Hall–Kier alpha value is -0.810. The minimum Gasteiger partial charge on any atom is -0.457 e. The molecule has 0 aromatic carbocycles. The molecule has 0 radical (unpaired) electrons. The number of carbonyl (C=O) groups excluding carboxylic acids is 1. The summed E-state index contributed by atoms with van der Waals surface area (Å²) >= 11 is 3.15. The smallest absolute Gasteiger partial charge is 0.254 e. The molecule has 4 nitrogen and oxygen atoms in total. The molecule has 1 aromatic heterocycles. The number of ether oxygens (including phenoxy) is 1. The Morgan fingerprint density at radius 1 is 1.67 bits per heavy atom. The molecule has 0 bridgehead atoms. The third-order valence-electron chi connectivity index (χ3n) is 2.52. The van der Waals surface area contributed by atoms with Crippen molar-refractivity contribution >= 4 is 21.8 Å². The largest absolute Gasteiger partial charge is 0.457 e. The highest BCUT2D eigenvalue weighted by atomic mass is 79.9. The maximum Gasteiger partial charge on any atom is 0.254 e. The molecule has 1 aromatic rings. The van der Waals surface area contributed by atoms with Crippen molar-refractivity contribution in [3.8, 4) is 0 Å². The zero-order chi connectivity index (χ0) is 10.8. The molecule has 1 amide bonds. The Bertz CT molecular complexity index is 363. The Morgan fingerprint density at radius 2 is 2.47 bits per heavy atom. The van der Waals surface area contributed by atoms with Crippen LogP contribution < -0.4 is 5.32 Å². The average Bonchev–Trinajstić information content (AvgIpc) is 2.77. The number of amides is 1. The molecule has 0 saturated carbocycles. The van der Waals surface area contributed by atoms with Gasteiger partial charge in [0.2, 0.25) is 0 Å². The van der Waals surface area contributed by atoms with Crippen LogP contribution in [-0.2, 0) is 4.74 Å². The van der Waals surface area contributed by atoms with Gasteiger partial charge in [-0.25, -0.2) is 0 Å². The van der Waals surface area contributed by atoms with Gasteiger partial charge in [0.25, 0.3) is 5.91 Å². The van der Waals surface area contributed by atoms with Crippen LogP contribution in [0.25, 0.3) is 0 Å². The molecule has 2 atom stereocenters. The van der Waals surface area contributed by atoms with Crippen LogP contribution >= 0.6 is 15.9 Å². The number of furan rings is 1. The van der Waals surface area contributed by atoms with Gasteiger partial charge >= 0.3 is 0 Å². The van der Waals surface area contributed by atoms with E-state index in [9.17, 15) is 4.79 Å². The lowest BCUT2D eigenvalue weighted by Gasteiger charge is -2.14. The summed E-state index contributed by atoms with van der Waals surface area (Å²) in [6.45, 7) is 2.67. The fraction of sp³-hybridized carbons (Fsp3) is 0.500. The minimum atomic E-state index is -0.119. The SMILES string of the molecule is CC1OCCC1NC(=O)c1coc(Br)c1. The predicted octanol–water partition coefficient (Wildman–Crippen LogP) is 1.95. The first-order valence-electron chi connectivity index (χ1n) is 4.83. The monoisotopic (exact) mass is 273 g/mol. The molecule has 1 N–H and O–H groups in total. The van der Waals surface area contributed by atoms with Crippen molar-refractivity contribution in [3.05, 3.63) is 22.6 Å². The standard InChI is InChI=1S/C10H12BrNO3/c1-6-8(2-3-14-6)12-10(13)7-4-9(11)15-5-7/h4-6,8H,2-3H2,1H3,(H,12,13). The Labute approximate surface area is 96.1 Å². The first kappa shape index (κ1) is 10.7. The van der Waals surface area contributed by atoms with E-state index in [1.54, 1.807) is 6.07 Å². The summed E-state index contributed by atoms with van der Waals surface area (Å²) in [5, 5.41) is 2.91. The number of carbonyl (C=O) groups is 1. The Balaban J connectivity index is 1.97. The third-order valence-corrected chi connectivity index (χ3v) is 2.94. The molecule has 15 heavy (non-hydrogen) atoms. The van der Waals surface area contributed by atoms with Crippen molar-refractivity contribution in [2.45, 2.75) is 25.5 Å². The molecular formula is C10H12BrNO3. The second-order valence-corrected chi connectivity index (χ2v) is 4.37. The summed E-state index contributed by atoms with van der Waals surface area (Å²) in [5.74, 6) is -0.119. The zero-order valence-electron chi connectivity index (χ0n) is 8.33. The fourth-order valence-electron chi connectivity index (χ4n) is 1.60. The number of nitrogens with one attached hydrogen (secondary N) is 1. The highest BCUT2D eigenvalue weighted by molar-refractivity contribution is 9.10. The molecule has 2 heterocycles. The topological polar surface area (TPSA) is 51.5 Å². The van der Waals surface area contributed by atoms with Crippen molar-refractivity contribution in [1.29, 1.82) is 0 Å². The van der Waals surface area contributed by atoms with E-state index in [4.69, 9.17) is 9.15 Å². The first-order valence-corrected chi connectivity index (χ1v) is 5.62. The van der Waals surface area contributed by atoms with E-state index in [-0.39, 0.29) is 18.1 Å². The molecule has 82 valence electrons. The van der Waals surface area contributed by atoms with Gasteiger partial charge < -0.3 is 14.5 Å². The summed E-state index contributed by atoms with van der Waals surface area (Å²) in [4.78, 5) is 11.7. The molecule has 1 fully saturated rings. The summed E-state index contributed by atoms with van der Waals surface area (Å²) in [6.07, 6.45) is 2.38. The normalized spacial score (nSPS) is 25.5. The summed E-state index contributed by atoms with van der Waals surface area (Å²) in [7, 11) is 0. The van der Waals surface area contributed by atoms with Crippen LogP contribution in [0.5, 0.6) is 0 Å². The average molecular weight is 274 g/mol. The van der Waals surface area contributed by atoms with Gasteiger partial charge in [-0.15, -0.1) is 0 Å². The zero-order valence-corrected chi connectivity index (χ0v) is 9.91. The van der Waals surface area contributed by atoms with Gasteiger partial charge in [-0.2, -0.15) is 0 Å². The van der Waals surface area contributed by atoms with Crippen LogP contribution in [-0.4, -0.2) is 24.7 Å². The number of hydrogen-bond donors (Lipinski definition) is 1. The van der Waals surface area contributed by atoms with E-state index < -0.39 is 0 Å². The Morgan fingerprint density at radius 3 is 3.00 bits per heavy atom. The van der Waals surface area contributed by atoms with E-state index in [1.807, 2.05) is 6.92 Å². The maximum absolute atomic E-state index is 11.7. The maximum atomic E-state index is 11.7. The highest BCUT2D eigenvalue weighted by Crippen LogP contribution is 2.16. The van der Waals surface area contributed by atoms with Crippen molar-refractivity contribution in [3.63, 3.8) is 0 Å². The van der Waals surface area contributed by atoms with Gasteiger partial charge in [0.05, 0.1) is 17.7 Å². The van der Waals surface area contributed by atoms with Crippen molar-refractivity contribution in [2.24, 2.45) is 0 Å². The van der Waals surface area contributed by atoms with Crippen molar-refractivity contribution in [1.82, 2.24) is 5.32 Å². The van der Waals surface area contributed by atoms with Crippen LogP contribution in [0.3, 0.4) is 0 Å². The highest BCUT2D eigenvalue weighted by Gasteiger charge is 2.26. The number of rotatable bonds is 2. The van der Waals surface area contributed by atoms with Crippen LogP contribution in [0.1, 0.15) is 23.7 Å². The molecule has 0 spiro atoms. The fourth-order valence-corrected chi connectivity index (χ4v) is 1.94. The molecule has 1 aliphatic heterocycles. The molecule has 0 aliphatic carbocycles. The van der Waals surface area contributed by atoms with E-state index in [1.165, 1.54) is 6.26 Å². The molecule has 2 rings (SSSR count). The third kappa shape index (κ3) is 2.41. The minimum absolute atomic E-state index is 0.0873. The second kappa shape index (κ2) is 4.37. The molecule has 1 aliphatic rings. The van der Waals surface area contributed by atoms with Crippen LogP contribution in [0, 0.1) is 0 Å². The second-order valence-electron chi connectivity index (χ2n) is 3.58. The van der Waals surface area contributed by atoms with Crippen LogP contribution in [0.4, 0.5) is 0 Å². The van der Waals surface area contributed by atoms with Gasteiger partial charge in [-0.1, -0.05) is 0 Å². The number of hydrogen-bond acceptors (Lipinski definition) is 3. The van der Waals surface area contributed by atoms with Gasteiger partial charge in [0.1, 0.15) is 6.26 Å². The van der Waals surface area contributed by atoms with E-state index in [0.29, 0.717) is 16.8 Å². The van der Waals surface area contributed by atoms with Crippen LogP contribution in [0.2, 0.25) is 0 Å². The quantitative estimate of drug-likeness (QED) is 0.896. The van der Waals surface area contributed by atoms with E-state index >= 15 is 0 Å². The summed E-state index contributed by atoms with van der Waals surface area (Å²) in [5.41, 5.74) is 0.529. The van der Waals surface area contributed by atoms with Crippen LogP contribution in [0.15, 0.2) is 21.4 Å². The molecular weight excluding hydrogens is 262 g/mol. The molecule has 2 unspecified atom stereocenters. The summed E-state index contributed by atoms with van der Waals surface area (Å²) < 4.78 is 10.9. The van der Waals surface area contributed by atoms with Gasteiger partial charge in [0, 0.05) is 12.7 Å². The predicted molar refractivity (Wildman–Crippen MR) is 57.7 cm³/mol. The molecule has 1 saturated heterocycles. The molecule has 5 heteroatoms. The Kier molecular flexibility index (Phi) is 3.11. The lowest BCUT2D eigenvalue weighted by Crippen LogP contribution is -2.38. The lowest BCUT2D eigenvalue weighted by molar-refractivity contribution is 0.0865. The van der Waals surface area contributed by atoms with Crippen molar-refractivity contribution in [2.75, 3.05) is 6.61 Å². The first-order chi connectivity index (χ1) is 7.16. The van der Waals surface area contributed by atoms with E-state index in [2.05, 4.69) is 21.2 Å². The lowest BCUT2D eigenvalue weighted by atomic mass is 10.1. The van der Waals surface area contributed by atoms with Gasteiger partial charge in [0.15, 0.2) is 4.67 Å².